The molecule has 0 aliphatic rings. The molecule has 4 nitrogen and oxygen atoms in total. The highest BCUT2D eigenvalue weighted by Gasteiger charge is 2.14. The van der Waals surface area contributed by atoms with Crippen LogP contribution in [0.1, 0.15) is 11.3 Å². The zero-order valence-electron chi connectivity index (χ0n) is 10.8. The first-order chi connectivity index (χ1) is 9.11. The van der Waals surface area contributed by atoms with Gasteiger partial charge < -0.3 is 10.1 Å². The summed E-state index contributed by atoms with van der Waals surface area (Å²) in [7, 11) is 0. The van der Waals surface area contributed by atoms with Gasteiger partial charge in [0, 0.05) is 23.1 Å². The summed E-state index contributed by atoms with van der Waals surface area (Å²) in [5.74, 6) is 1.64. The van der Waals surface area contributed by atoms with E-state index in [2.05, 4.69) is 10.9 Å². The number of hydrogen-bond donors (Lipinski definition) is 2. The molecule has 98 valence electrons. The van der Waals surface area contributed by atoms with Crippen molar-refractivity contribution in [1.82, 2.24) is 9.88 Å². The summed E-state index contributed by atoms with van der Waals surface area (Å²) in [6.45, 7) is 2.80. The number of hydrogen-bond acceptors (Lipinski definition) is 2. The second kappa shape index (κ2) is 5.59. The number of nitrogens with one attached hydrogen (secondary N) is 1. The molecule has 2 aromatic rings. The Hall–Kier alpha value is -2.25. The third kappa shape index (κ3) is 2.95. The lowest BCUT2D eigenvalue weighted by molar-refractivity contribution is -0.138. The summed E-state index contributed by atoms with van der Waals surface area (Å²) in [5, 5.41) is 10.0. The molecule has 4 heteroatoms. The summed E-state index contributed by atoms with van der Waals surface area (Å²) >= 11 is 0. The Morgan fingerprint density at radius 3 is 2.89 bits per heavy atom. The van der Waals surface area contributed by atoms with E-state index in [-0.39, 0.29) is 6.54 Å². The van der Waals surface area contributed by atoms with Crippen molar-refractivity contribution < 1.29 is 9.90 Å². The molecule has 0 saturated carbocycles. The Balaban J connectivity index is 2.30. The summed E-state index contributed by atoms with van der Waals surface area (Å²) in [4.78, 5) is 15.9. The van der Waals surface area contributed by atoms with Crippen LogP contribution in [0.5, 0.6) is 0 Å². The van der Waals surface area contributed by atoms with Gasteiger partial charge in [0.25, 0.3) is 0 Å². The third-order valence-corrected chi connectivity index (χ3v) is 3.08. The van der Waals surface area contributed by atoms with Crippen LogP contribution in [0.25, 0.3) is 10.9 Å². The van der Waals surface area contributed by atoms with Crippen molar-refractivity contribution in [2.75, 3.05) is 13.1 Å². The van der Waals surface area contributed by atoms with Crippen LogP contribution in [0.15, 0.2) is 24.3 Å². The summed E-state index contributed by atoms with van der Waals surface area (Å²) < 4.78 is 0. The maximum Gasteiger partial charge on any atom is 0.317 e. The fourth-order valence-corrected chi connectivity index (χ4v) is 2.25. The first-order valence-electron chi connectivity index (χ1n) is 6.05. The van der Waals surface area contributed by atoms with Crippen LogP contribution in [0.3, 0.4) is 0 Å². The Bertz CT molecular complexity index is 637. The fourth-order valence-electron chi connectivity index (χ4n) is 2.25. The molecule has 2 N–H and O–H groups in total. The molecule has 1 heterocycles. The van der Waals surface area contributed by atoms with E-state index in [0.29, 0.717) is 13.1 Å². The van der Waals surface area contributed by atoms with E-state index in [9.17, 15) is 4.79 Å². The largest absolute Gasteiger partial charge is 0.480 e. The second-order valence-corrected chi connectivity index (χ2v) is 4.52. The number of rotatable bonds is 5. The van der Waals surface area contributed by atoms with E-state index in [1.54, 1.807) is 4.90 Å². The Morgan fingerprint density at radius 2 is 2.21 bits per heavy atom. The van der Waals surface area contributed by atoms with Gasteiger partial charge in [-0.15, -0.1) is 6.42 Å². The van der Waals surface area contributed by atoms with Gasteiger partial charge in [-0.25, -0.2) is 0 Å². The van der Waals surface area contributed by atoms with E-state index < -0.39 is 5.97 Å². The zero-order chi connectivity index (χ0) is 13.8. The molecule has 19 heavy (non-hydrogen) atoms. The van der Waals surface area contributed by atoms with Crippen molar-refractivity contribution in [2.24, 2.45) is 0 Å². The fraction of sp³-hybridized carbons (Fsp3) is 0.267. The van der Waals surface area contributed by atoms with Gasteiger partial charge in [-0.3, -0.25) is 9.69 Å². The number of carbonyl (C=O) groups is 1. The van der Waals surface area contributed by atoms with Gasteiger partial charge >= 0.3 is 5.97 Å². The molecule has 0 radical (unpaired) electrons. The van der Waals surface area contributed by atoms with E-state index in [0.717, 1.165) is 22.2 Å². The minimum absolute atomic E-state index is 0.0524. The highest BCUT2D eigenvalue weighted by Crippen LogP contribution is 2.23. The minimum atomic E-state index is -0.868. The number of carboxylic acid groups (broad SMARTS) is 1. The van der Waals surface area contributed by atoms with Crippen molar-refractivity contribution in [3.05, 3.63) is 35.5 Å². The maximum absolute atomic E-state index is 10.8. The molecule has 1 aromatic carbocycles. The summed E-state index contributed by atoms with van der Waals surface area (Å²) in [6.07, 6.45) is 5.29. The molecule has 0 fully saturated rings. The first kappa shape index (κ1) is 13.2. The monoisotopic (exact) mass is 256 g/mol. The van der Waals surface area contributed by atoms with Crippen molar-refractivity contribution in [2.45, 2.75) is 13.5 Å². The van der Waals surface area contributed by atoms with Gasteiger partial charge in [0.1, 0.15) is 0 Å². The summed E-state index contributed by atoms with van der Waals surface area (Å²) in [6, 6.07) is 7.98. The number of nitrogens with zero attached hydrogens (tertiary/aromatic N) is 1. The molecule has 1 aromatic heterocycles. The van der Waals surface area contributed by atoms with Crippen LogP contribution in [-0.2, 0) is 11.3 Å². The third-order valence-electron chi connectivity index (χ3n) is 3.08. The van der Waals surface area contributed by atoms with Crippen LogP contribution in [0.4, 0.5) is 0 Å². The van der Waals surface area contributed by atoms with Crippen molar-refractivity contribution in [3.63, 3.8) is 0 Å². The first-order valence-corrected chi connectivity index (χ1v) is 6.05. The number of fused-ring (bicyclic) bond motifs is 1. The molecular formula is C15H16N2O2. The predicted octanol–water partition coefficient (Wildman–Crippen LogP) is 2.00. The summed E-state index contributed by atoms with van der Waals surface area (Å²) in [5.41, 5.74) is 3.21. The Labute approximate surface area is 112 Å². The van der Waals surface area contributed by atoms with E-state index in [4.69, 9.17) is 11.5 Å². The molecule has 2 rings (SSSR count). The quantitative estimate of drug-likeness (QED) is 0.804. The molecule has 0 atom stereocenters. The number of benzene rings is 1. The number of para-hydroxylation sites is 1. The average molecular weight is 256 g/mol. The zero-order valence-corrected chi connectivity index (χ0v) is 10.8. The van der Waals surface area contributed by atoms with Crippen molar-refractivity contribution in [3.8, 4) is 12.3 Å². The number of carboxylic acids is 1. The van der Waals surface area contributed by atoms with Crippen molar-refractivity contribution in [1.29, 1.82) is 0 Å². The van der Waals surface area contributed by atoms with Gasteiger partial charge in [-0.1, -0.05) is 24.1 Å². The second-order valence-electron chi connectivity index (χ2n) is 4.52. The maximum atomic E-state index is 10.8. The number of H-pyrrole nitrogens is 1. The standard InChI is InChI=1S/C15H16N2O2/c1-3-8-17(10-15(18)19)9-13-11(2)16-14-7-5-4-6-12(13)14/h1,4-7,16H,8-10H2,2H3,(H,18,19). The Morgan fingerprint density at radius 1 is 1.47 bits per heavy atom. The van der Waals surface area contributed by atoms with Gasteiger partial charge in [0.2, 0.25) is 0 Å². The molecule has 0 aliphatic carbocycles. The topological polar surface area (TPSA) is 56.3 Å². The molecule has 0 unspecified atom stereocenters. The van der Waals surface area contributed by atoms with Crippen LogP contribution < -0.4 is 0 Å². The van der Waals surface area contributed by atoms with E-state index in [1.807, 2.05) is 31.2 Å². The highest BCUT2D eigenvalue weighted by molar-refractivity contribution is 5.84. The van der Waals surface area contributed by atoms with Gasteiger partial charge in [0.05, 0.1) is 13.1 Å². The van der Waals surface area contributed by atoms with E-state index >= 15 is 0 Å². The normalized spacial score (nSPS) is 10.8. The SMILES string of the molecule is C#CCN(CC(=O)O)Cc1c(C)[nH]c2ccccc12. The lowest BCUT2D eigenvalue weighted by Gasteiger charge is -2.17. The molecular weight excluding hydrogens is 240 g/mol. The molecule has 0 bridgehead atoms. The number of aromatic amines is 1. The number of aliphatic carboxylic acids is 1. The number of aryl methyl sites for hydroxylation is 1. The van der Waals surface area contributed by atoms with Crippen LogP contribution >= 0.6 is 0 Å². The molecule has 0 amide bonds. The van der Waals surface area contributed by atoms with Crippen molar-refractivity contribution >= 4 is 16.9 Å². The van der Waals surface area contributed by atoms with Gasteiger partial charge in [-0.2, -0.15) is 0 Å². The highest BCUT2D eigenvalue weighted by atomic mass is 16.4. The van der Waals surface area contributed by atoms with Gasteiger partial charge in [0.15, 0.2) is 0 Å². The molecule has 0 saturated heterocycles. The molecule has 0 spiro atoms. The van der Waals surface area contributed by atoms with E-state index in [1.165, 1.54) is 0 Å². The average Bonchev–Trinajstić information content (AvgIpc) is 2.66. The lowest BCUT2D eigenvalue weighted by atomic mass is 10.1. The lowest BCUT2D eigenvalue weighted by Crippen LogP contribution is -2.29. The number of terminal acetylenes is 1. The van der Waals surface area contributed by atoms with Crippen LogP contribution in [0, 0.1) is 19.3 Å². The smallest absolute Gasteiger partial charge is 0.317 e. The Kier molecular flexibility index (Phi) is 3.88. The predicted molar refractivity (Wildman–Crippen MR) is 74.8 cm³/mol. The number of aromatic nitrogens is 1. The minimum Gasteiger partial charge on any atom is -0.480 e. The van der Waals surface area contributed by atoms with Gasteiger partial charge in [-0.05, 0) is 18.6 Å². The van der Waals surface area contributed by atoms with Crippen LogP contribution in [-0.4, -0.2) is 34.0 Å². The van der Waals surface area contributed by atoms with Crippen LogP contribution in [0.2, 0.25) is 0 Å². The molecule has 0 aliphatic heterocycles.